The first-order chi connectivity index (χ1) is 31.9. The van der Waals surface area contributed by atoms with Crippen molar-refractivity contribution in [2.24, 2.45) is 22.7 Å². The molecule has 0 aromatic heterocycles. The van der Waals surface area contributed by atoms with Crippen molar-refractivity contribution in [3.63, 3.8) is 0 Å². The van der Waals surface area contributed by atoms with Gasteiger partial charge in [0.15, 0.2) is 0 Å². The molecule has 16 heteroatoms. The molecule has 0 amide bonds. The fourth-order valence-corrected chi connectivity index (χ4v) is 11.5. The molecular weight excluding hydrogens is 1040 g/mol. The van der Waals surface area contributed by atoms with Gasteiger partial charge in [0.25, 0.3) is 0 Å². The first kappa shape index (κ1) is 52.8. The molecule has 10 rings (SSSR count). The van der Waals surface area contributed by atoms with E-state index in [1.165, 1.54) is 64.2 Å². The summed E-state index contributed by atoms with van der Waals surface area (Å²) in [7, 11) is 11.0. The molecule has 0 nitrogen and oxygen atoms in total. The van der Waals surface area contributed by atoms with E-state index in [1.807, 2.05) is 36.4 Å². The second kappa shape index (κ2) is 20.6. The number of alkyl halides is 12. The topological polar surface area (TPSA) is 0 Å². The van der Waals surface area contributed by atoms with Crippen LogP contribution in [0.15, 0.2) is 97.1 Å². The molecule has 68 heavy (non-hydrogen) atoms. The number of halogens is 14. The Balaban J connectivity index is 0.000000181. The van der Waals surface area contributed by atoms with Gasteiger partial charge in [0, 0.05) is 9.52 Å². The Bertz CT molecular complexity index is 2430. The zero-order chi connectivity index (χ0) is 49.5. The molecule has 6 aromatic carbocycles. The van der Waals surface area contributed by atoms with Gasteiger partial charge >= 0.3 is 62.6 Å². The van der Waals surface area contributed by atoms with Gasteiger partial charge < -0.3 is 0 Å². The quantitative estimate of drug-likeness (QED) is 0.0886. The van der Waals surface area contributed by atoms with E-state index in [-0.39, 0.29) is 23.3 Å². The maximum absolute atomic E-state index is 13.3. The first-order valence-corrected chi connectivity index (χ1v) is 30.7. The van der Waals surface area contributed by atoms with Crippen molar-refractivity contribution in [2.75, 3.05) is 0 Å². The van der Waals surface area contributed by atoms with Gasteiger partial charge in [-0.25, -0.2) is 0 Å². The standard InChI is InChI=1S/2C25H21F6.C2H6Si.2ClH.Zr/c2*26-24(27,28)19-10-18(11-20(12-19)25(29,30)31)21-3-1-2-17-8-16(9-22(17)21)14-23-6-4-15(13-23)5-7-23;1-3-2;;;/h2*1-3,8-12,15H,4-7,13-14H2;1-2H3;2*1H;/q2*-1;;;;+4/p-2. The van der Waals surface area contributed by atoms with Crippen LogP contribution in [0.1, 0.15) is 97.6 Å². The third-order valence-electron chi connectivity index (χ3n) is 14.4. The number of rotatable bonds is 6. The zero-order valence-electron chi connectivity index (χ0n) is 37.2. The van der Waals surface area contributed by atoms with Gasteiger partial charge in [-0.1, -0.05) is 36.4 Å². The Morgan fingerprint density at radius 3 is 1.06 bits per heavy atom. The number of hydrogen-bond donors (Lipinski definition) is 0. The normalized spacial score (nSPS) is 22.1. The minimum atomic E-state index is -4.86. The molecule has 4 aliphatic carbocycles. The van der Waals surface area contributed by atoms with E-state index in [2.05, 4.69) is 13.1 Å². The third kappa shape index (κ3) is 12.2. The molecule has 4 fully saturated rings. The molecule has 0 saturated heterocycles. The first-order valence-electron chi connectivity index (χ1n) is 22.4. The van der Waals surface area contributed by atoms with Crippen LogP contribution in [0.2, 0.25) is 13.1 Å². The van der Waals surface area contributed by atoms with Crippen LogP contribution in [0.25, 0.3) is 43.8 Å². The van der Waals surface area contributed by atoms with Crippen molar-refractivity contribution in [2.45, 2.75) is 115 Å². The van der Waals surface area contributed by atoms with E-state index < -0.39 is 67.8 Å². The third-order valence-corrected chi connectivity index (χ3v) is 14.4. The van der Waals surface area contributed by atoms with Crippen molar-refractivity contribution in [1.82, 2.24) is 0 Å². The molecule has 0 N–H and O–H groups in total. The summed E-state index contributed by atoms with van der Waals surface area (Å²) < 4.78 is 160. The van der Waals surface area contributed by atoms with Crippen molar-refractivity contribution in [1.29, 1.82) is 0 Å². The molecule has 0 spiro atoms. The fraction of sp³-hybridized carbons (Fsp3) is 0.423. The minimum absolute atomic E-state index is 0.0649. The Morgan fingerprint density at radius 2 is 0.809 bits per heavy atom. The summed E-state index contributed by atoms with van der Waals surface area (Å²) in [5.74, 6) is 1.62. The predicted molar refractivity (Wildman–Crippen MR) is 245 cm³/mol. The van der Waals surface area contributed by atoms with Gasteiger partial charge in [-0.05, 0) is 147 Å². The van der Waals surface area contributed by atoms with E-state index in [4.69, 9.17) is 17.0 Å². The number of fused-ring (bicyclic) bond motifs is 6. The Kier molecular flexibility index (Phi) is 16.0. The summed E-state index contributed by atoms with van der Waals surface area (Å²) in [5.41, 5.74) is -1.63. The van der Waals surface area contributed by atoms with Gasteiger partial charge in [-0.2, -0.15) is 64.8 Å². The molecule has 362 valence electrons. The van der Waals surface area contributed by atoms with E-state index in [0.29, 0.717) is 32.7 Å². The van der Waals surface area contributed by atoms with Crippen LogP contribution in [-0.2, 0) is 58.4 Å². The zero-order valence-corrected chi connectivity index (χ0v) is 42.1. The van der Waals surface area contributed by atoms with Crippen LogP contribution in [0.4, 0.5) is 52.7 Å². The monoisotopic (exact) mass is 1090 g/mol. The van der Waals surface area contributed by atoms with Crippen molar-refractivity contribution in [3.05, 3.63) is 130 Å². The van der Waals surface area contributed by atoms with Crippen LogP contribution in [0, 0.1) is 22.7 Å². The summed E-state index contributed by atoms with van der Waals surface area (Å²) in [6, 6.07) is 21.9. The van der Waals surface area contributed by atoms with Crippen LogP contribution in [-0.4, -0.2) is 9.52 Å². The molecule has 0 unspecified atom stereocenters. The Labute approximate surface area is 409 Å². The summed E-state index contributed by atoms with van der Waals surface area (Å²) in [5, 5.41) is 3.10. The second-order valence-corrected chi connectivity index (χ2v) is 23.9. The summed E-state index contributed by atoms with van der Waals surface area (Å²) in [6.45, 7) is 4.31. The van der Waals surface area contributed by atoms with E-state index in [0.717, 1.165) is 80.4 Å². The summed E-state index contributed by atoms with van der Waals surface area (Å²) >= 11 is -0.826. The predicted octanol–water partition coefficient (Wildman–Crippen LogP) is 18.9. The van der Waals surface area contributed by atoms with Crippen LogP contribution < -0.4 is 0 Å². The SMILES string of the molecule is C[Si]C.FC(F)(F)c1cc(-c2cccc3[cH-]c(CC45CCC(CC4)C5)cc23)cc(C(F)(F)F)c1.FC(F)(F)c1cc(-c2cccc3[cH-]c(CC45CCC(CC4)C5)cc23)cc(C(F)(F)F)c1.[Cl][Zr+2][Cl]. The van der Waals surface area contributed by atoms with E-state index in [9.17, 15) is 52.7 Å². The van der Waals surface area contributed by atoms with Gasteiger partial charge in [-0.3, -0.25) is 0 Å². The van der Waals surface area contributed by atoms with Gasteiger partial charge in [0.05, 0.1) is 22.3 Å². The fourth-order valence-electron chi connectivity index (χ4n) is 11.5. The van der Waals surface area contributed by atoms with Crippen LogP contribution in [0.5, 0.6) is 0 Å². The molecule has 6 aromatic rings. The average Bonchev–Trinajstić information content (AvgIpc) is 4.14. The second-order valence-electron chi connectivity index (χ2n) is 19.2. The summed E-state index contributed by atoms with van der Waals surface area (Å²) in [4.78, 5) is 0. The molecule has 4 aliphatic rings. The molecule has 4 saturated carbocycles. The molecular formula is C52H48Cl2F12SiZr. The van der Waals surface area contributed by atoms with E-state index in [1.54, 1.807) is 24.3 Å². The molecule has 0 heterocycles. The molecule has 0 aliphatic heterocycles. The molecule has 0 atom stereocenters. The number of benzene rings is 4. The maximum atomic E-state index is 13.3. The van der Waals surface area contributed by atoms with Crippen molar-refractivity contribution < 1.29 is 73.5 Å². The van der Waals surface area contributed by atoms with Gasteiger partial charge in [0.1, 0.15) is 0 Å². The Hall–Kier alpha value is -3.06. The Morgan fingerprint density at radius 1 is 0.515 bits per heavy atom. The van der Waals surface area contributed by atoms with Gasteiger partial charge in [-0.15, -0.1) is 69.1 Å². The molecule has 4 bridgehead atoms. The van der Waals surface area contributed by atoms with Crippen LogP contribution >= 0.6 is 17.0 Å². The summed E-state index contributed by atoms with van der Waals surface area (Å²) in [6.07, 6.45) is -5.28. The van der Waals surface area contributed by atoms with E-state index >= 15 is 0 Å². The number of hydrogen-bond acceptors (Lipinski definition) is 0. The van der Waals surface area contributed by atoms with Crippen LogP contribution in [0.3, 0.4) is 0 Å². The van der Waals surface area contributed by atoms with Crippen molar-refractivity contribution in [3.8, 4) is 22.3 Å². The van der Waals surface area contributed by atoms with Gasteiger partial charge in [0.2, 0.25) is 0 Å². The molecule has 2 radical (unpaired) electrons. The van der Waals surface area contributed by atoms with Crippen molar-refractivity contribution >= 4 is 48.1 Å². The average molecular weight is 1090 g/mol.